The number of benzene rings is 1. The molecule has 0 aliphatic rings. The van der Waals surface area contributed by atoms with E-state index in [9.17, 15) is 17.6 Å². The minimum Gasteiger partial charge on any atom is -0.464 e. The van der Waals surface area contributed by atoms with Crippen LogP contribution in [-0.4, -0.2) is 30.5 Å². The van der Waals surface area contributed by atoms with Crippen molar-refractivity contribution in [3.8, 4) is 0 Å². The van der Waals surface area contributed by atoms with E-state index in [1.54, 1.807) is 12.1 Å². The van der Waals surface area contributed by atoms with Crippen molar-refractivity contribution in [1.29, 1.82) is 0 Å². The fourth-order valence-corrected chi connectivity index (χ4v) is 4.13. The van der Waals surface area contributed by atoms with E-state index in [4.69, 9.17) is 11.6 Å². The monoisotopic (exact) mass is 396 g/mol. The highest BCUT2D eigenvalue weighted by Crippen LogP contribution is 2.31. The number of nitrogens with zero attached hydrogens (tertiary/aromatic N) is 2. The summed E-state index contributed by atoms with van der Waals surface area (Å²) >= 11 is 5.87. The van der Waals surface area contributed by atoms with Gasteiger partial charge < -0.3 is 4.74 Å². The van der Waals surface area contributed by atoms with E-state index in [0.717, 1.165) is 18.7 Å². The van der Waals surface area contributed by atoms with E-state index in [1.165, 1.54) is 19.1 Å². The van der Waals surface area contributed by atoms with Crippen molar-refractivity contribution in [1.82, 2.24) is 8.96 Å². The van der Waals surface area contributed by atoms with Gasteiger partial charge in [-0.25, -0.2) is 26.6 Å². The lowest BCUT2D eigenvalue weighted by atomic mass is 10.2. The number of methoxy groups -OCH3 is 1. The molecule has 0 atom stereocenters. The summed E-state index contributed by atoms with van der Waals surface area (Å²) in [5, 5.41) is -0.421. The van der Waals surface area contributed by atoms with Gasteiger partial charge in [0.15, 0.2) is 11.5 Å². The summed E-state index contributed by atoms with van der Waals surface area (Å²) in [4.78, 5) is 16.1. The Morgan fingerprint density at radius 2 is 1.85 bits per heavy atom. The molecule has 0 spiro atoms. The van der Waals surface area contributed by atoms with Crippen LogP contribution in [0.5, 0.6) is 0 Å². The van der Waals surface area contributed by atoms with Gasteiger partial charge in [0.05, 0.1) is 28.1 Å². The quantitative estimate of drug-likeness (QED) is 0.633. The molecule has 9 heteroatoms. The Bertz CT molecular complexity index is 1140. The first kappa shape index (κ1) is 18.3. The molecule has 26 heavy (non-hydrogen) atoms. The maximum atomic E-state index is 14.5. The summed E-state index contributed by atoms with van der Waals surface area (Å²) in [5.41, 5.74) is 0.370. The highest BCUT2D eigenvalue weighted by molar-refractivity contribution is 7.90. The van der Waals surface area contributed by atoms with Crippen LogP contribution in [0, 0.1) is 19.7 Å². The SMILES string of the molecule is COC(=O)c1cc2c(F)c(Cl)c(C)nc2n1S(=O)(=O)c1ccc(C)cc1. The number of esters is 1. The predicted octanol–water partition coefficient (Wildman–Crippen LogP) is 3.47. The summed E-state index contributed by atoms with van der Waals surface area (Å²) < 4.78 is 46.1. The van der Waals surface area contributed by atoms with E-state index in [1.807, 2.05) is 6.92 Å². The normalized spacial score (nSPS) is 11.7. The van der Waals surface area contributed by atoms with Crippen LogP contribution in [0.25, 0.3) is 11.0 Å². The Morgan fingerprint density at radius 1 is 1.23 bits per heavy atom. The van der Waals surface area contributed by atoms with Gasteiger partial charge in [-0.2, -0.15) is 0 Å². The molecule has 0 amide bonds. The molecular formula is C17H14ClFN2O4S. The van der Waals surface area contributed by atoms with Gasteiger partial charge in [0.25, 0.3) is 10.0 Å². The number of carbonyl (C=O) groups excluding carboxylic acids is 1. The second kappa shape index (κ2) is 6.37. The van der Waals surface area contributed by atoms with Gasteiger partial charge >= 0.3 is 5.97 Å². The largest absolute Gasteiger partial charge is 0.464 e. The van der Waals surface area contributed by atoms with Crippen LogP contribution in [0.2, 0.25) is 5.02 Å². The van der Waals surface area contributed by atoms with Crippen molar-refractivity contribution in [3.63, 3.8) is 0 Å². The highest BCUT2D eigenvalue weighted by Gasteiger charge is 2.30. The third-order valence-corrected chi connectivity index (χ3v) is 6.06. The minimum atomic E-state index is -4.23. The maximum Gasteiger partial charge on any atom is 0.355 e. The summed E-state index contributed by atoms with van der Waals surface area (Å²) in [7, 11) is -3.13. The Balaban J connectivity index is 2.43. The lowest BCUT2D eigenvalue weighted by Gasteiger charge is -2.11. The second-order valence-electron chi connectivity index (χ2n) is 5.67. The van der Waals surface area contributed by atoms with E-state index in [2.05, 4.69) is 9.72 Å². The van der Waals surface area contributed by atoms with E-state index >= 15 is 0 Å². The Labute approximate surface area is 154 Å². The summed E-state index contributed by atoms with van der Waals surface area (Å²) in [6.07, 6.45) is 0. The number of ether oxygens (including phenoxy) is 1. The summed E-state index contributed by atoms with van der Waals surface area (Å²) in [6, 6.07) is 7.10. The molecule has 2 aromatic heterocycles. The number of fused-ring (bicyclic) bond motifs is 1. The van der Waals surface area contributed by atoms with Crippen molar-refractivity contribution < 1.29 is 22.3 Å². The number of rotatable bonds is 3. The third kappa shape index (κ3) is 2.75. The first-order chi connectivity index (χ1) is 12.2. The Hall–Kier alpha value is -2.45. The summed E-state index contributed by atoms with van der Waals surface area (Å²) in [6.45, 7) is 3.25. The van der Waals surface area contributed by atoms with Crippen LogP contribution in [0.1, 0.15) is 21.7 Å². The van der Waals surface area contributed by atoms with Gasteiger partial charge in [-0.05, 0) is 32.0 Å². The van der Waals surface area contributed by atoms with Crippen LogP contribution in [-0.2, 0) is 14.8 Å². The lowest BCUT2D eigenvalue weighted by Crippen LogP contribution is -2.19. The fraction of sp³-hybridized carbons (Fsp3) is 0.176. The van der Waals surface area contributed by atoms with Crippen molar-refractivity contribution in [3.05, 3.63) is 58.1 Å². The van der Waals surface area contributed by atoms with Gasteiger partial charge in [-0.3, -0.25) is 0 Å². The average molecular weight is 397 g/mol. The number of halogens is 2. The number of pyridine rings is 1. The Morgan fingerprint density at radius 3 is 2.42 bits per heavy atom. The summed E-state index contributed by atoms with van der Waals surface area (Å²) in [5.74, 6) is -1.79. The molecule has 0 radical (unpaired) electrons. The molecule has 0 N–H and O–H groups in total. The van der Waals surface area contributed by atoms with Gasteiger partial charge in [0.2, 0.25) is 0 Å². The molecule has 2 heterocycles. The van der Waals surface area contributed by atoms with Crippen molar-refractivity contribution in [2.75, 3.05) is 7.11 Å². The molecule has 0 saturated heterocycles. The predicted molar refractivity (Wildman–Crippen MR) is 94.5 cm³/mol. The molecule has 0 aliphatic heterocycles. The average Bonchev–Trinajstić information content (AvgIpc) is 2.99. The number of aromatic nitrogens is 2. The first-order valence-electron chi connectivity index (χ1n) is 7.46. The second-order valence-corrected chi connectivity index (χ2v) is 7.83. The van der Waals surface area contributed by atoms with E-state index in [0.29, 0.717) is 3.97 Å². The van der Waals surface area contributed by atoms with Gasteiger partial charge in [0, 0.05) is 0 Å². The molecule has 0 unspecified atom stereocenters. The molecule has 3 aromatic rings. The van der Waals surface area contributed by atoms with Gasteiger partial charge in [-0.15, -0.1) is 0 Å². The molecule has 136 valence electrons. The molecular weight excluding hydrogens is 383 g/mol. The molecule has 0 aliphatic carbocycles. The van der Waals surface area contributed by atoms with E-state index in [-0.39, 0.29) is 32.3 Å². The topological polar surface area (TPSA) is 78.3 Å². The molecule has 0 fully saturated rings. The molecule has 6 nitrogen and oxygen atoms in total. The smallest absolute Gasteiger partial charge is 0.355 e. The van der Waals surface area contributed by atoms with Crippen LogP contribution in [0.3, 0.4) is 0 Å². The molecule has 1 aromatic carbocycles. The first-order valence-corrected chi connectivity index (χ1v) is 9.28. The highest BCUT2D eigenvalue weighted by atomic mass is 35.5. The number of hydrogen-bond donors (Lipinski definition) is 0. The van der Waals surface area contributed by atoms with Crippen molar-refractivity contribution in [2.24, 2.45) is 0 Å². The molecule has 0 bridgehead atoms. The minimum absolute atomic E-state index is 0.0689. The van der Waals surface area contributed by atoms with Crippen molar-refractivity contribution in [2.45, 2.75) is 18.7 Å². The fourth-order valence-electron chi connectivity index (χ4n) is 2.54. The van der Waals surface area contributed by atoms with E-state index < -0.39 is 21.8 Å². The van der Waals surface area contributed by atoms with Crippen LogP contribution >= 0.6 is 11.6 Å². The zero-order valence-corrected chi connectivity index (χ0v) is 15.7. The number of aryl methyl sites for hydroxylation is 2. The number of carbonyl (C=O) groups is 1. The molecule has 3 rings (SSSR count). The van der Waals surface area contributed by atoms with Crippen LogP contribution < -0.4 is 0 Å². The van der Waals surface area contributed by atoms with Crippen LogP contribution in [0.4, 0.5) is 4.39 Å². The van der Waals surface area contributed by atoms with Crippen LogP contribution in [0.15, 0.2) is 35.2 Å². The standard InChI is InChI=1S/C17H14ClFN2O4S/c1-9-4-6-11(7-5-9)26(23,24)21-13(17(22)25-3)8-12-15(19)14(18)10(2)20-16(12)21/h4-8H,1-3H3. The Kier molecular flexibility index (Phi) is 4.49. The zero-order valence-electron chi connectivity index (χ0n) is 14.1. The zero-order chi connectivity index (χ0) is 19.2. The third-order valence-electron chi connectivity index (χ3n) is 3.91. The van der Waals surface area contributed by atoms with Gasteiger partial charge in [-0.1, -0.05) is 29.3 Å². The number of hydrogen-bond acceptors (Lipinski definition) is 5. The van der Waals surface area contributed by atoms with Crippen molar-refractivity contribution >= 4 is 38.6 Å². The maximum absolute atomic E-state index is 14.5. The lowest BCUT2D eigenvalue weighted by molar-refractivity contribution is 0.0593. The van der Waals surface area contributed by atoms with Gasteiger partial charge in [0.1, 0.15) is 5.69 Å². The molecule has 0 saturated carbocycles.